The van der Waals surface area contributed by atoms with Crippen LogP contribution >= 0.6 is 11.3 Å². The van der Waals surface area contributed by atoms with Crippen LogP contribution in [0.25, 0.3) is 28.5 Å². The molecule has 10 nitrogen and oxygen atoms in total. The summed E-state index contributed by atoms with van der Waals surface area (Å²) in [6, 6.07) is 1.80. The molecule has 0 bridgehead atoms. The Kier molecular flexibility index (Phi) is 8.01. The van der Waals surface area contributed by atoms with Gasteiger partial charge in [0, 0.05) is 44.8 Å². The third-order valence-corrected chi connectivity index (χ3v) is 8.32. The molecule has 0 saturated heterocycles. The first-order valence-electron chi connectivity index (χ1n) is 13.8. The van der Waals surface area contributed by atoms with Crippen molar-refractivity contribution in [2.75, 3.05) is 27.2 Å². The second-order valence-electron chi connectivity index (χ2n) is 11.2. The van der Waals surface area contributed by atoms with Gasteiger partial charge in [-0.3, -0.25) is 23.4 Å². The summed E-state index contributed by atoms with van der Waals surface area (Å²) >= 11 is 1.68. The summed E-state index contributed by atoms with van der Waals surface area (Å²) < 4.78 is 6.43. The number of nitrogens with one attached hydrogen (secondary N) is 1. The van der Waals surface area contributed by atoms with Gasteiger partial charge in [0.1, 0.15) is 11.1 Å². The third kappa shape index (κ3) is 5.51. The molecular formula is C30H37N7O3S. The second-order valence-corrected chi connectivity index (χ2v) is 12.1. The molecule has 0 fully saturated rings. The quantitative estimate of drug-likeness (QED) is 0.331. The molecule has 0 atom stereocenters. The summed E-state index contributed by atoms with van der Waals surface area (Å²) in [5.41, 5.74) is 3.67. The molecule has 0 radical (unpaired) electrons. The number of carbonyl (C=O) groups is 1. The average molecular weight is 576 g/mol. The second kappa shape index (κ2) is 11.5. The van der Waals surface area contributed by atoms with E-state index < -0.39 is 5.56 Å². The van der Waals surface area contributed by atoms with E-state index in [-0.39, 0.29) is 17.5 Å². The minimum absolute atomic E-state index is 0.167. The lowest BCUT2D eigenvalue weighted by atomic mass is 10.1. The molecule has 0 aliphatic heterocycles. The lowest BCUT2D eigenvalue weighted by molar-refractivity contribution is 0.0951. The van der Waals surface area contributed by atoms with E-state index >= 15 is 0 Å². The van der Waals surface area contributed by atoms with Crippen LogP contribution in [0.3, 0.4) is 0 Å². The predicted molar refractivity (Wildman–Crippen MR) is 165 cm³/mol. The minimum atomic E-state index is -0.403. The van der Waals surface area contributed by atoms with Crippen molar-refractivity contribution in [3.8, 4) is 11.4 Å². The maximum Gasteiger partial charge on any atom is 0.332 e. The predicted octanol–water partition coefficient (Wildman–Crippen LogP) is 3.08. The molecule has 1 aliphatic rings. The summed E-state index contributed by atoms with van der Waals surface area (Å²) in [5, 5.41) is 10.4. The van der Waals surface area contributed by atoms with Crippen molar-refractivity contribution in [3.63, 3.8) is 0 Å². The van der Waals surface area contributed by atoms with Gasteiger partial charge in [0.05, 0.1) is 17.8 Å². The number of carbonyl (C=O) groups excluding carboxylic acids is 1. The molecule has 0 aromatic carbocycles. The number of rotatable bonds is 9. The fraction of sp³-hybridized carbons (Fsp3) is 0.400. The number of thiophene rings is 1. The number of aromatic nitrogens is 5. The van der Waals surface area contributed by atoms with Gasteiger partial charge in [0.25, 0.3) is 11.5 Å². The van der Waals surface area contributed by atoms with Crippen molar-refractivity contribution in [2.45, 2.75) is 33.4 Å². The van der Waals surface area contributed by atoms with Gasteiger partial charge in [-0.1, -0.05) is 32.1 Å². The number of hydrogen-bond donors (Lipinski definition) is 1. The molecule has 4 aromatic rings. The van der Waals surface area contributed by atoms with E-state index in [2.05, 4.69) is 22.8 Å². The SMILES string of the molecule is CC(C)Cn1c(=O)n(C)c(=O)c2c(-c3cc(C(=O)NCCN(C)C)cn3C)n(Cc3csc4c3CC=CC=C4)nc21. The van der Waals surface area contributed by atoms with Crippen LogP contribution in [0.5, 0.6) is 0 Å². The van der Waals surface area contributed by atoms with E-state index in [1.165, 1.54) is 17.5 Å². The Labute approximate surface area is 242 Å². The molecular weight excluding hydrogens is 538 g/mol. The third-order valence-electron chi connectivity index (χ3n) is 7.28. The fourth-order valence-corrected chi connectivity index (χ4v) is 6.19. The molecule has 1 N–H and O–H groups in total. The molecule has 0 unspecified atom stereocenters. The topological polar surface area (TPSA) is 99.1 Å². The van der Waals surface area contributed by atoms with Crippen LogP contribution in [-0.2, 0) is 33.6 Å². The van der Waals surface area contributed by atoms with E-state index in [0.717, 1.165) is 23.1 Å². The summed E-state index contributed by atoms with van der Waals surface area (Å²) in [4.78, 5) is 43.2. The van der Waals surface area contributed by atoms with Crippen LogP contribution in [0.4, 0.5) is 0 Å². The van der Waals surface area contributed by atoms with Crippen LogP contribution in [0.2, 0.25) is 0 Å². The van der Waals surface area contributed by atoms with Crippen LogP contribution < -0.4 is 16.6 Å². The zero-order chi connectivity index (χ0) is 29.4. The van der Waals surface area contributed by atoms with Crippen molar-refractivity contribution >= 4 is 34.4 Å². The molecule has 0 spiro atoms. The highest BCUT2D eigenvalue weighted by Crippen LogP contribution is 2.32. The van der Waals surface area contributed by atoms with Crippen molar-refractivity contribution in [1.82, 2.24) is 33.7 Å². The number of amides is 1. The minimum Gasteiger partial charge on any atom is -0.351 e. The van der Waals surface area contributed by atoms with E-state index in [1.807, 2.05) is 61.3 Å². The standard InChI is InChI=1S/C30H37N7O3S/c1-19(2)15-36-27-25(29(39)35(6)30(36)40)26(23-14-20(16-34(23)5)28(38)31-12-13-33(3)4)37(32-27)17-21-18-41-24-11-9-7-8-10-22(21)24/h7-9,11,14,16,18-19H,10,12-13,15,17H2,1-6H3,(H,31,38). The zero-order valence-corrected chi connectivity index (χ0v) is 25.3. The zero-order valence-electron chi connectivity index (χ0n) is 24.5. The number of nitrogens with zero attached hydrogens (tertiary/aromatic N) is 6. The fourth-order valence-electron chi connectivity index (χ4n) is 5.19. The first-order chi connectivity index (χ1) is 19.6. The van der Waals surface area contributed by atoms with Gasteiger partial charge in [-0.05, 0) is 55.1 Å². The lowest BCUT2D eigenvalue weighted by Crippen LogP contribution is -2.38. The van der Waals surface area contributed by atoms with E-state index in [0.29, 0.717) is 47.6 Å². The highest BCUT2D eigenvalue weighted by Gasteiger charge is 2.26. The van der Waals surface area contributed by atoms with Gasteiger partial charge in [-0.25, -0.2) is 4.79 Å². The van der Waals surface area contributed by atoms with Crippen molar-refractivity contribution < 1.29 is 4.79 Å². The molecule has 4 aromatic heterocycles. The number of aryl methyl sites for hydroxylation is 1. The van der Waals surface area contributed by atoms with Gasteiger partial charge in [-0.15, -0.1) is 11.3 Å². The summed E-state index contributed by atoms with van der Waals surface area (Å²) in [6.07, 6.45) is 10.9. The maximum absolute atomic E-state index is 13.7. The average Bonchev–Trinajstić information content (AvgIpc) is 3.54. The van der Waals surface area contributed by atoms with Gasteiger partial charge in [0.15, 0.2) is 5.65 Å². The van der Waals surface area contributed by atoms with Crippen molar-refractivity contribution in [3.05, 3.63) is 78.3 Å². The molecule has 0 saturated carbocycles. The molecule has 4 heterocycles. The summed E-state index contributed by atoms with van der Waals surface area (Å²) in [7, 11) is 7.28. The molecule has 1 aliphatic carbocycles. The van der Waals surface area contributed by atoms with Crippen LogP contribution in [0.15, 0.2) is 45.5 Å². The number of allylic oxidation sites excluding steroid dienone is 3. The Hall–Kier alpha value is -3.96. The molecule has 41 heavy (non-hydrogen) atoms. The molecule has 216 valence electrons. The monoisotopic (exact) mass is 575 g/mol. The Morgan fingerprint density at radius 3 is 2.71 bits per heavy atom. The Morgan fingerprint density at radius 1 is 1.20 bits per heavy atom. The maximum atomic E-state index is 13.7. The Bertz CT molecular complexity index is 1790. The normalized spacial score (nSPS) is 13.0. The highest BCUT2D eigenvalue weighted by molar-refractivity contribution is 7.11. The van der Waals surface area contributed by atoms with Gasteiger partial charge < -0.3 is 14.8 Å². The lowest BCUT2D eigenvalue weighted by Gasteiger charge is -2.11. The Morgan fingerprint density at radius 2 is 1.98 bits per heavy atom. The summed E-state index contributed by atoms with van der Waals surface area (Å²) in [5.74, 6) is -0.0175. The first kappa shape index (κ1) is 28.6. The van der Waals surface area contributed by atoms with Crippen LogP contribution in [0.1, 0.15) is 40.2 Å². The first-order valence-corrected chi connectivity index (χ1v) is 14.7. The smallest absolute Gasteiger partial charge is 0.332 e. The van der Waals surface area contributed by atoms with Gasteiger partial charge in [-0.2, -0.15) is 5.10 Å². The number of likely N-dealkylation sites (N-methyl/N-ethyl adjacent to an activating group) is 1. The van der Waals surface area contributed by atoms with Crippen molar-refractivity contribution in [2.24, 2.45) is 20.0 Å². The van der Waals surface area contributed by atoms with Crippen molar-refractivity contribution in [1.29, 1.82) is 0 Å². The molecule has 5 rings (SSSR count). The largest absolute Gasteiger partial charge is 0.351 e. The number of fused-ring (bicyclic) bond motifs is 2. The molecule has 1 amide bonds. The van der Waals surface area contributed by atoms with Crippen LogP contribution in [0, 0.1) is 5.92 Å². The Balaban J connectivity index is 1.70. The van der Waals surface area contributed by atoms with Gasteiger partial charge >= 0.3 is 5.69 Å². The van der Waals surface area contributed by atoms with Crippen LogP contribution in [-0.4, -0.2) is 61.5 Å². The van der Waals surface area contributed by atoms with E-state index in [1.54, 1.807) is 28.2 Å². The number of hydrogen-bond acceptors (Lipinski definition) is 6. The van der Waals surface area contributed by atoms with Gasteiger partial charge in [0.2, 0.25) is 0 Å². The van der Waals surface area contributed by atoms with E-state index in [9.17, 15) is 14.4 Å². The molecule has 11 heteroatoms. The van der Waals surface area contributed by atoms with E-state index in [4.69, 9.17) is 5.10 Å². The summed E-state index contributed by atoms with van der Waals surface area (Å²) in [6.45, 7) is 6.15. The highest BCUT2D eigenvalue weighted by atomic mass is 32.1.